The second-order valence-corrected chi connectivity index (χ2v) is 6.19. The molecule has 0 radical (unpaired) electrons. The largest absolute Gasteiger partial charge is 0.492 e. The second-order valence-electron chi connectivity index (χ2n) is 6.19. The Bertz CT molecular complexity index is 787. The van der Waals surface area contributed by atoms with Crippen LogP contribution in [0, 0.1) is 13.8 Å². The number of ether oxygens (including phenoxy) is 1. The predicted octanol–water partition coefficient (Wildman–Crippen LogP) is 4.08. The zero-order valence-corrected chi connectivity index (χ0v) is 15.8. The molecule has 0 aromatic heterocycles. The third-order valence-electron chi connectivity index (χ3n) is 4.05. The summed E-state index contributed by atoms with van der Waals surface area (Å²) in [7, 11) is 0. The highest BCUT2D eigenvalue weighted by Gasteiger charge is 2.16. The van der Waals surface area contributed by atoms with Crippen molar-refractivity contribution in [2.75, 3.05) is 23.4 Å². The highest BCUT2D eigenvalue weighted by atomic mass is 16.5. The van der Waals surface area contributed by atoms with E-state index in [1.807, 2.05) is 57.2 Å². The predicted molar refractivity (Wildman–Crippen MR) is 105 cm³/mol. The number of para-hydroxylation sites is 2. The molecule has 2 aromatic carbocycles. The van der Waals surface area contributed by atoms with Gasteiger partial charge in [-0.3, -0.25) is 9.59 Å². The fourth-order valence-electron chi connectivity index (χ4n) is 2.83. The van der Waals surface area contributed by atoms with Crippen molar-refractivity contribution in [3.8, 4) is 5.75 Å². The number of rotatable bonds is 7. The zero-order chi connectivity index (χ0) is 19.1. The SMILES string of the molecule is CCOc1ccccc1NC(=O)CCN(C(C)=O)c1ccc(C)cc1C. The molecule has 0 aliphatic rings. The molecule has 0 saturated carbocycles. The standard InChI is InChI=1S/C21H26N2O3/c1-5-26-20-9-7-6-8-18(20)22-21(25)12-13-23(17(4)24)19-11-10-15(2)14-16(19)3/h6-11,14H,5,12-13H2,1-4H3,(H,22,25). The fourth-order valence-corrected chi connectivity index (χ4v) is 2.83. The maximum atomic E-state index is 12.4. The third-order valence-corrected chi connectivity index (χ3v) is 4.05. The van der Waals surface area contributed by atoms with E-state index < -0.39 is 0 Å². The Morgan fingerprint density at radius 1 is 1.12 bits per heavy atom. The Labute approximate surface area is 155 Å². The van der Waals surface area contributed by atoms with Crippen LogP contribution in [0.15, 0.2) is 42.5 Å². The van der Waals surface area contributed by atoms with Crippen molar-refractivity contribution in [1.82, 2.24) is 0 Å². The molecule has 26 heavy (non-hydrogen) atoms. The lowest BCUT2D eigenvalue weighted by Crippen LogP contribution is -2.32. The number of anilines is 2. The Morgan fingerprint density at radius 3 is 2.50 bits per heavy atom. The number of carbonyl (C=O) groups is 2. The van der Waals surface area contributed by atoms with Gasteiger partial charge in [0.15, 0.2) is 0 Å². The lowest BCUT2D eigenvalue weighted by Gasteiger charge is -2.23. The first kappa shape index (κ1) is 19.5. The average molecular weight is 354 g/mol. The van der Waals surface area contributed by atoms with Gasteiger partial charge in [-0.1, -0.05) is 29.8 Å². The molecule has 0 aliphatic carbocycles. The molecule has 0 saturated heterocycles. The molecule has 2 amide bonds. The molecule has 0 fully saturated rings. The van der Waals surface area contributed by atoms with Crippen LogP contribution >= 0.6 is 0 Å². The Hall–Kier alpha value is -2.82. The molecule has 1 N–H and O–H groups in total. The van der Waals surface area contributed by atoms with E-state index in [1.165, 1.54) is 6.92 Å². The third kappa shape index (κ3) is 5.09. The van der Waals surface area contributed by atoms with Gasteiger partial charge in [0.1, 0.15) is 5.75 Å². The average Bonchev–Trinajstić information content (AvgIpc) is 2.58. The van der Waals surface area contributed by atoms with Gasteiger partial charge < -0.3 is 15.0 Å². The molecular weight excluding hydrogens is 328 g/mol. The van der Waals surface area contributed by atoms with E-state index in [0.717, 1.165) is 16.8 Å². The smallest absolute Gasteiger partial charge is 0.226 e. The second kappa shape index (κ2) is 9.04. The first-order valence-corrected chi connectivity index (χ1v) is 8.79. The zero-order valence-electron chi connectivity index (χ0n) is 15.8. The summed E-state index contributed by atoms with van der Waals surface area (Å²) in [5.74, 6) is 0.397. The Morgan fingerprint density at radius 2 is 1.85 bits per heavy atom. The lowest BCUT2D eigenvalue weighted by molar-refractivity contribution is -0.117. The summed E-state index contributed by atoms with van der Waals surface area (Å²) < 4.78 is 5.52. The number of nitrogens with zero attached hydrogens (tertiary/aromatic N) is 1. The van der Waals surface area contributed by atoms with Crippen LogP contribution in [0.5, 0.6) is 5.75 Å². The molecule has 138 valence electrons. The van der Waals surface area contributed by atoms with Gasteiger partial charge in [0, 0.05) is 25.6 Å². The van der Waals surface area contributed by atoms with E-state index in [9.17, 15) is 9.59 Å². The molecule has 0 bridgehead atoms. The molecule has 5 nitrogen and oxygen atoms in total. The molecule has 0 unspecified atom stereocenters. The summed E-state index contributed by atoms with van der Waals surface area (Å²) in [6.07, 6.45) is 0.202. The number of hydrogen-bond acceptors (Lipinski definition) is 3. The van der Waals surface area contributed by atoms with Gasteiger partial charge in [0.2, 0.25) is 11.8 Å². The van der Waals surface area contributed by atoms with E-state index in [1.54, 1.807) is 11.0 Å². The van der Waals surface area contributed by atoms with Crippen LogP contribution in [0.4, 0.5) is 11.4 Å². The lowest BCUT2D eigenvalue weighted by atomic mass is 10.1. The quantitative estimate of drug-likeness (QED) is 0.815. The van der Waals surface area contributed by atoms with Crippen LogP contribution < -0.4 is 15.0 Å². The van der Waals surface area contributed by atoms with Crippen LogP contribution in [0.3, 0.4) is 0 Å². The van der Waals surface area contributed by atoms with Crippen molar-refractivity contribution in [1.29, 1.82) is 0 Å². The van der Waals surface area contributed by atoms with E-state index in [0.29, 0.717) is 24.6 Å². The molecule has 0 atom stereocenters. The van der Waals surface area contributed by atoms with Gasteiger partial charge in [-0.15, -0.1) is 0 Å². The van der Waals surface area contributed by atoms with E-state index in [2.05, 4.69) is 5.32 Å². The number of nitrogens with one attached hydrogen (secondary N) is 1. The first-order chi connectivity index (χ1) is 12.4. The maximum Gasteiger partial charge on any atom is 0.226 e. The van der Waals surface area contributed by atoms with Crippen LogP contribution in [-0.2, 0) is 9.59 Å². The summed E-state index contributed by atoms with van der Waals surface area (Å²) in [6, 6.07) is 13.2. The Kier molecular flexibility index (Phi) is 6.78. The van der Waals surface area contributed by atoms with Crippen LogP contribution in [0.2, 0.25) is 0 Å². The van der Waals surface area contributed by atoms with E-state index >= 15 is 0 Å². The highest BCUT2D eigenvalue weighted by molar-refractivity contribution is 5.95. The topological polar surface area (TPSA) is 58.6 Å². The first-order valence-electron chi connectivity index (χ1n) is 8.79. The molecular formula is C21H26N2O3. The minimum atomic E-state index is -0.159. The number of amides is 2. The summed E-state index contributed by atoms with van der Waals surface area (Å²) in [5.41, 5.74) is 3.63. The monoisotopic (exact) mass is 354 g/mol. The minimum Gasteiger partial charge on any atom is -0.492 e. The summed E-state index contributed by atoms with van der Waals surface area (Å²) in [4.78, 5) is 26.1. The molecule has 2 aromatic rings. The van der Waals surface area contributed by atoms with Gasteiger partial charge in [0.05, 0.1) is 12.3 Å². The Balaban J connectivity index is 2.05. The van der Waals surface area contributed by atoms with Crippen molar-refractivity contribution in [3.63, 3.8) is 0 Å². The summed E-state index contributed by atoms with van der Waals surface area (Å²) in [5, 5.41) is 2.86. The molecule has 0 spiro atoms. The number of carbonyl (C=O) groups excluding carboxylic acids is 2. The van der Waals surface area contributed by atoms with E-state index in [-0.39, 0.29) is 18.2 Å². The number of hydrogen-bond donors (Lipinski definition) is 1. The van der Waals surface area contributed by atoms with Gasteiger partial charge in [-0.05, 0) is 44.5 Å². The van der Waals surface area contributed by atoms with Crippen molar-refractivity contribution < 1.29 is 14.3 Å². The van der Waals surface area contributed by atoms with E-state index in [4.69, 9.17) is 4.74 Å². The molecule has 0 heterocycles. The summed E-state index contributed by atoms with van der Waals surface area (Å²) in [6.45, 7) is 8.24. The van der Waals surface area contributed by atoms with Crippen molar-refractivity contribution in [2.45, 2.75) is 34.1 Å². The van der Waals surface area contributed by atoms with Crippen molar-refractivity contribution >= 4 is 23.2 Å². The number of aryl methyl sites for hydroxylation is 2. The molecule has 2 rings (SSSR count). The van der Waals surface area contributed by atoms with Gasteiger partial charge in [-0.25, -0.2) is 0 Å². The normalized spacial score (nSPS) is 10.3. The molecule has 0 aliphatic heterocycles. The fraction of sp³-hybridized carbons (Fsp3) is 0.333. The summed E-state index contributed by atoms with van der Waals surface area (Å²) >= 11 is 0. The highest BCUT2D eigenvalue weighted by Crippen LogP contribution is 2.24. The van der Waals surface area contributed by atoms with Crippen LogP contribution in [0.1, 0.15) is 31.4 Å². The van der Waals surface area contributed by atoms with Gasteiger partial charge in [-0.2, -0.15) is 0 Å². The van der Waals surface area contributed by atoms with Crippen molar-refractivity contribution in [2.24, 2.45) is 0 Å². The van der Waals surface area contributed by atoms with Crippen molar-refractivity contribution in [3.05, 3.63) is 53.6 Å². The number of benzene rings is 2. The maximum absolute atomic E-state index is 12.4. The van der Waals surface area contributed by atoms with Crippen LogP contribution in [0.25, 0.3) is 0 Å². The van der Waals surface area contributed by atoms with Gasteiger partial charge >= 0.3 is 0 Å². The molecule has 5 heteroatoms. The van der Waals surface area contributed by atoms with Crippen LogP contribution in [-0.4, -0.2) is 25.0 Å². The minimum absolute atomic E-state index is 0.0838. The van der Waals surface area contributed by atoms with Gasteiger partial charge in [0.25, 0.3) is 0 Å².